The van der Waals surface area contributed by atoms with E-state index in [1.165, 1.54) is 5.56 Å². The predicted molar refractivity (Wildman–Crippen MR) is 113 cm³/mol. The molecule has 2 rings (SSSR count). The molecule has 0 aromatic heterocycles. The summed E-state index contributed by atoms with van der Waals surface area (Å²) in [5.41, 5.74) is 1.40. The summed E-state index contributed by atoms with van der Waals surface area (Å²) < 4.78 is 5.47. The van der Waals surface area contributed by atoms with Crippen LogP contribution < -0.4 is 10.6 Å². The quantitative estimate of drug-likeness (QED) is 0.536. The summed E-state index contributed by atoms with van der Waals surface area (Å²) in [6.45, 7) is 13.0. The van der Waals surface area contributed by atoms with Crippen LogP contribution >= 0.6 is 0 Å². The number of rotatable bonds is 8. The topological polar surface area (TPSA) is 52.1 Å². The molecule has 1 aliphatic rings. The van der Waals surface area contributed by atoms with Gasteiger partial charge in [0.25, 0.3) is 0 Å². The molecular weight excluding hydrogens is 338 g/mol. The van der Waals surface area contributed by atoms with E-state index in [0.717, 1.165) is 51.9 Å². The Morgan fingerprint density at radius 2 is 1.89 bits per heavy atom. The zero-order chi connectivity index (χ0) is 19.7. The third-order valence-corrected chi connectivity index (χ3v) is 5.37. The molecule has 1 atom stereocenters. The summed E-state index contributed by atoms with van der Waals surface area (Å²) >= 11 is 0. The number of nitrogens with one attached hydrogen (secondary N) is 2. The first-order valence-corrected chi connectivity index (χ1v) is 9.94. The van der Waals surface area contributed by atoms with Crippen LogP contribution in [-0.4, -0.2) is 80.8 Å². The van der Waals surface area contributed by atoms with Crippen molar-refractivity contribution < 1.29 is 4.74 Å². The first-order chi connectivity index (χ1) is 12.9. The normalized spacial score (nSPS) is 17.8. The fraction of sp³-hybridized carbons (Fsp3) is 0.667. The van der Waals surface area contributed by atoms with Gasteiger partial charge in [-0.3, -0.25) is 14.8 Å². The molecule has 1 fully saturated rings. The Hall–Kier alpha value is -1.63. The molecule has 0 aliphatic carbocycles. The number of morpholine rings is 1. The number of hydrogen-bond acceptors (Lipinski definition) is 4. The highest BCUT2D eigenvalue weighted by atomic mass is 16.5. The van der Waals surface area contributed by atoms with Crippen molar-refractivity contribution in [2.45, 2.75) is 38.9 Å². The number of hydrogen-bond donors (Lipinski definition) is 2. The maximum Gasteiger partial charge on any atom is 0.191 e. The van der Waals surface area contributed by atoms with Crippen LogP contribution in [0.5, 0.6) is 0 Å². The Kier molecular flexibility index (Phi) is 8.54. The summed E-state index contributed by atoms with van der Waals surface area (Å²) in [6.07, 6.45) is 0. The predicted octanol–water partition coefficient (Wildman–Crippen LogP) is 1.78. The number of ether oxygens (including phenoxy) is 1. The molecule has 1 aromatic carbocycles. The van der Waals surface area contributed by atoms with E-state index in [-0.39, 0.29) is 5.54 Å². The van der Waals surface area contributed by atoms with E-state index in [0.29, 0.717) is 6.04 Å². The van der Waals surface area contributed by atoms with E-state index < -0.39 is 0 Å². The van der Waals surface area contributed by atoms with Gasteiger partial charge in [-0.15, -0.1) is 0 Å². The second kappa shape index (κ2) is 10.6. The minimum atomic E-state index is 0.0666. The van der Waals surface area contributed by atoms with E-state index in [4.69, 9.17) is 4.74 Å². The molecule has 152 valence electrons. The van der Waals surface area contributed by atoms with Crippen molar-refractivity contribution >= 4 is 5.96 Å². The van der Waals surface area contributed by atoms with Gasteiger partial charge in [0, 0.05) is 51.4 Å². The Morgan fingerprint density at radius 1 is 1.22 bits per heavy atom. The fourth-order valence-corrected chi connectivity index (χ4v) is 3.23. The van der Waals surface area contributed by atoms with Crippen LogP contribution in [0.1, 0.15) is 26.3 Å². The minimum Gasteiger partial charge on any atom is -0.379 e. The lowest BCUT2D eigenvalue weighted by Gasteiger charge is -2.41. The SMILES string of the molecule is CN=C(NCC(C)N(C)Cc1ccccc1)NCC(C)(C)N1CCOCC1. The number of guanidine groups is 1. The first-order valence-electron chi connectivity index (χ1n) is 9.94. The number of benzene rings is 1. The average Bonchev–Trinajstić information content (AvgIpc) is 2.69. The highest BCUT2D eigenvalue weighted by Crippen LogP contribution is 2.15. The van der Waals surface area contributed by atoms with Crippen molar-refractivity contribution in [3.05, 3.63) is 35.9 Å². The Morgan fingerprint density at radius 3 is 2.52 bits per heavy atom. The van der Waals surface area contributed by atoms with Crippen LogP contribution in [-0.2, 0) is 11.3 Å². The van der Waals surface area contributed by atoms with Crippen molar-refractivity contribution in [1.82, 2.24) is 20.4 Å². The molecule has 1 aromatic rings. The molecule has 27 heavy (non-hydrogen) atoms. The maximum absolute atomic E-state index is 5.47. The summed E-state index contributed by atoms with van der Waals surface area (Å²) in [7, 11) is 3.99. The van der Waals surface area contributed by atoms with Crippen LogP contribution in [0, 0.1) is 0 Å². The van der Waals surface area contributed by atoms with Crippen molar-refractivity contribution in [1.29, 1.82) is 0 Å². The van der Waals surface area contributed by atoms with Gasteiger partial charge < -0.3 is 15.4 Å². The number of nitrogens with zero attached hydrogens (tertiary/aromatic N) is 3. The second-order valence-corrected chi connectivity index (χ2v) is 7.97. The second-order valence-electron chi connectivity index (χ2n) is 7.97. The minimum absolute atomic E-state index is 0.0666. The van der Waals surface area contributed by atoms with Gasteiger partial charge in [0.05, 0.1) is 13.2 Å². The molecule has 1 unspecified atom stereocenters. The third kappa shape index (κ3) is 7.13. The third-order valence-electron chi connectivity index (χ3n) is 5.37. The maximum atomic E-state index is 5.47. The molecule has 1 aliphatic heterocycles. The van der Waals surface area contributed by atoms with E-state index in [1.54, 1.807) is 0 Å². The summed E-state index contributed by atoms with van der Waals surface area (Å²) in [6, 6.07) is 11.0. The van der Waals surface area contributed by atoms with Gasteiger partial charge in [0.1, 0.15) is 0 Å². The smallest absolute Gasteiger partial charge is 0.191 e. The monoisotopic (exact) mass is 375 g/mol. The fourth-order valence-electron chi connectivity index (χ4n) is 3.23. The molecule has 1 saturated heterocycles. The molecule has 0 radical (unpaired) electrons. The average molecular weight is 376 g/mol. The van der Waals surface area contributed by atoms with Crippen molar-refractivity contribution in [2.24, 2.45) is 4.99 Å². The van der Waals surface area contributed by atoms with Gasteiger partial charge in [-0.05, 0) is 33.4 Å². The van der Waals surface area contributed by atoms with Crippen molar-refractivity contribution in [3.8, 4) is 0 Å². The van der Waals surface area contributed by atoms with Gasteiger partial charge in [-0.1, -0.05) is 30.3 Å². The molecule has 2 N–H and O–H groups in total. The molecule has 0 amide bonds. The van der Waals surface area contributed by atoms with E-state index in [2.05, 4.69) is 83.6 Å². The van der Waals surface area contributed by atoms with Gasteiger partial charge in [-0.25, -0.2) is 0 Å². The summed E-state index contributed by atoms with van der Waals surface area (Å²) in [5, 5.41) is 6.95. The lowest BCUT2D eigenvalue weighted by atomic mass is 10.0. The Bertz CT molecular complexity index is 569. The lowest BCUT2D eigenvalue weighted by Crippen LogP contribution is -2.57. The lowest BCUT2D eigenvalue weighted by molar-refractivity contribution is -0.00834. The van der Waals surface area contributed by atoms with Crippen LogP contribution in [0.2, 0.25) is 0 Å². The molecular formula is C21H37N5O. The number of aliphatic imine (C=N–C) groups is 1. The van der Waals surface area contributed by atoms with E-state index in [9.17, 15) is 0 Å². The molecule has 6 nitrogen and oxygen atoms in total. The van der Waals surface area contributed by atoms with Crippen molar-refractivity contribution in [2.75, 3.05) is 53.5 Å². The molecule has 0 saturated carbocycles. The highest BCUT2D eigenvalue weighted by molar-refractivity contribution is 5.79. The highest BCUT2D eigenvalue weighted by Gasteiger charge is 2.28. The standard InChI is InChI=1S/C21H37N5O/c1-18(25(5)16-19-9-7-6-8-10-19)15-23-20(22-4)24-17-21(2,3)26-11-13-27-14-12-26/h6-10,18H,11-17H2,1-5H3,(H2,22,23,24). The van der Waals surface area contributed by atoms with Crippen LogP contribution in [0.4, 0.5) is 0 Å². The summed E-state index contributed by atoms with van der Waals surface area (Å²) in [4.78, 5) is 9.22. The van der Waals surface area contributed by atoms with Crippen molar-refractivity contribution in [3.63, 3.8) is 0 Å². The van der Waals surface area contributed by atoms with Gasteiger partial charge in [0.2, 0.25) is 0 Å². The zero-order valence-electron chi connectivity index (χ0n) is 17.7. The Balaban J connectivity index is 1.75. The van der Waals surface area contributed by atoms with Crippen LogP contribution in [0.25, 0.3) is 0 Å². The zero-order valence-corrected chi connectivity index (χ0v) is 17.7. The van der Waals surface area contributed by atoms with E-state index >= 15 is 0 Å². The number of likely N-dealkylation sites (N-methyl/N-ethyl adjacent to an activating group) is 1. The summed E-state index contributed by atoms with van der Waals surface area (Å²) in [5.74, 6) is 0.858. The molecule has 6 heteroatoms. The molecule has 0 bridgehead atoms. The van der Waals surface area contributed by atoms with Crippen LogP contribution in [0.3, 0.4) is 0 Å². The van der Waals surface area contributed by atoms with Gasteiger partial charge >= 0.3 is 0 Å². The largest absolute Gasteiger partial charge is 0.379 e. The van der Waals surface area contributed by atoms with E-state index in [1.807, 2.05) is 7.05 Å². The molecule has 1 heterocycles. The molecule has 0 spiro atoms. The first kappa shape index (κ1) is 21.7. The van der Waals surface area contributed by atoms with Crippen LogP contribution in [0.15, 0.2) is 35.3 Å². The van der Waals surface area contributed by atoms with Gasteiger partial charge in [0.15, 0.2) is 5.96 Å². The van der Waals surface area contributed by atoms with Gasteiger partial charge in [-0.2, -0.15) is 0 Å². The Labute approximate surface area is 165 Å².